The second-order valence-corrected chi connectivity index (χ2v) is 5.91. The van der Waals surface area contributed by atoms with Gasteiger partial charge < -0.3 is 14.6 Å². The molecule has 0 spiro atoms. The predicted octanol–water partition coefficient (Wildman–Crippen LogP) is 3.73. The molecule has 1 aliphatic heterocycles. The zero-order valence-electron chi connectivity index (χ0n) is 12.9. The van der Waals surface area contributed by atoms with E-state index in [0.29, 0.717) is 6.04 Å². The second-order valence-electron chi connectivity index (χ2n) is 5.91. The van der Waals surface area contributed by atoms with E-state index in [4.69, 9.17) is 4.42 Å². The summed E-state index contributed by atoms with van der Waals surface area (Å²) in [4.78, 5) is 2.44. The molecule has 112 valence electrons. The molecule has 21 heavy (non-hydrogen) atoms. The molecular weight excluding hydrogens is 260 g/mol. The highest BCUT2D eigenvalue weighted by Crippen LogP contribution is 2.33. The highest BCUT2D eigenvalue weighted by molar-refractivity contribution is 5.59. The average molecular weight is 284 g/mol. The van der Waals surface area contributed by atoms with Crippen molar-refractivity contribution in [3.63, 3.8) is 0 Å². The molecule has 3 heteroatoms. The van der Waals surface area contributed by atoms with Crippen LogP contribution in [0.3, 0.4) is 0 Å². The van der Waals surface area contributed by atoms with Crippen LogP contribution >= 0.6 is 0 Å². The average Bonchev–Trinajstić information content (AvgIpc) is 3.05. The second kappa shape index (κ2) is 6.35. The normalized spacial score (nSPS) is 17.2. The summed E-state index contributed by atoms with van der Waals surface area (Å²) in [7, 11) is 0. The van der Waals surface area contributed by atoms with Crippen LogP contribution in [-0.4, -0.2) is 12.6 Å². The van der Waals surface area contributed by atoms with Crippen molar-refractivity contribution in [3.8, 4) is 0 Å². The fourth-order valence-corrected chi connectivity index (χ4v) is 3.05. The first-order valence-electron chi connectivity index (χ1n) is 7.89. The summed E-state index contributed by atoms with van der Waals surface area (Å²) >= 11 is 0. The van der Waals surface area contributed by atoms with Crippen molar-refractivity contribution in [2.24, 2.45) is 0 Å². The monoisotopic (exact) mass is 284 g/mol. The fourth-order valence-electron chi connectivity index (χ4n) is 3.05. The molecule has 0 aliphatic carbocycles. The molecule has 1 N–H and O–H groups in total. The lowest BCUT2D eigenvalue weighted by Crippen LogP contribution is -2.28. The Morgan fingerprint density at radius 2 is 2.19 bits per heavy atom. The molecule has 0 fully saturated rings. The Labute approximate surface area is 127 Å². The Morgan fingerprint density at radius 1 is 1.33 bits per heavy atom. The van der Waals surface area contributed by atoms with Gasteiger partial charge in [0.15, 0.2) is 0 Å². The third kappa shape index (κ3) is 3.13. The summed E-state index contributed by atoms with van der Waals surface area (Å²) in [5.41, 5.74) is 4.03. The lowest BCUT2D eigenvalue weighted by molar-refractivity contribution is 0.491. The van der Waals surface area contributed by atoms with Crippen LogP contribution in [0.2, 0.25) is 0 Å². The van der Waals surface area contributed by atoms with Gasteiger partial charge in [-0.25, -0.2) is 0 Å². The van der Waals surface area contributed by atoms with Gasteiger partial charge in [-0.1, -0.05) is 25.1 Å². The van der Waals surface area contributed by atoms with Gasteiger partial charge >= 0.3 is 0 Å². The number of furan rings is 1. The van der Waals surface area contributed by atoms with Crippen molar-refractivity contribution in [2.45, 2.75) is 45.8 Å². The number of nitrogens with one attached hydrogen (secondary N) is 1. The number of fused-ring (bicyclic) bond motifs is 1. The smallest absolute Gasteiger partial charge is 0.123 e. The molecule has 0 bridgehead atoms. The Kier molecular flexibility index (Phi) is 4.30. The van der Waals surface area contributed by atoms with E-state index in [1.165, 1.54) is 16.8 Å². The fraction of sp³-hybridized carbons (Fsp3) is 0.444. The molecule has 1 atom stereocenters. The first-order valence-corrected chi connectivity index (χ1v) is 7.89. The van der Waals surface area contributed by atoms with Gasteiger partial charge in [0.05, 0.1) is 12.8 Å². The molecule has 1 unspecified atom stereocenters. The van der Waals surface area contributed by atoms with E-state index in [-0.39, 0.29) is 0 Å². The van der Waals surface area contributed by atoms with Crippen LogP contribution in [0, 0.1) is 0 Å². The Balaban J connectivity index is 1.67. The molecule has 3 nitrogen and oxygen atoms in total. The van der Waals surface area contributed by atoms with E-state index in [1.54, 1.807) is 0 Å². The first kappa shape index (κ1) is 14.2. The van der Waals surface area contributed by atoms with Crippen LogP contribution in [0.1, 0.15) is 37.2 Å². The number of nitrogens with zero attached hydrogens (tertiary/aromatic N) is 1. The van der Waals surface area contributed by atoms with Gasteiger partial charge in [-0.05, 0) is 44.0 Å². The van der Waals surface area contributed by atoms with Crippen molar-refractivity contribution in [1.29, 1.82) is 0 Å². The Bertz CT molecular complexity index is 590. The van der Waals surface area contributed by atoms with Crippen molar-refractivity contribution in [3.05, 3.63) is 53.5 Å². The molecule has 2 aromatic rings. The van der Waals surface area contributed by atoms with Crippen molar-refractivity contribution in [1.82, 2.24) is 5.32 Å². The first-order chi connectivity index (χ1) is 10.3. The number of hydrogen-bond acceptors (Lipinski definition) is 3. The van der Waals surface area contributed by atoms with Gasteiger partial charge in [0.25, 0.3) is 0 Å². The quantitative estimate of drug-likeness (QED) is 0.819. The molecule has 0 radical (unpaired) electrons. The molecule has 1 aliphatic rings. The summed E-state index contributed by atoms with van der Waals surface area (Å²) in [6.07, 6.45) is 4.17. The van der Waals surface area contributed by atoms with Crippen LogP contribution in [0.4, 0.5) is 5.69 Å². The SMILES string of the molecule is CCCNCc1coc(CN2c3ccccc3CC2C)c1. The lowest BCUT2D eigenvalue weighted by Gasteiger charge is -2.23. The molecule has 3 rings (SSSR count). The van der Waals surface area contributed by atoms with E-state index in [0.717, 1.165) is 38.2 Å². The topological polar surface area (TPSA) is 28.4 Å². The number of benzene rings is 1. The molecule has 1 aromatic heterocycles. The molecule has 0 saturated carbocycles. The minimum atomic E-state index is 0.536. The third-order valence-electron chi connectivity index (χ3n) is 4.14. The van der Waals surface area contributed by atoms with Gasteiger partial charge in [0, 0.05) is 23.8 Å². The zero-order chi connectivity index (χ0) is 14.7. The Morgan fingerprint density at radius 3 is 3.05 bits per heavy atom. The molecule has 0 saturated heterocycles. The maximum absolute atomic E-state index is 5.74. The molecule has 1 aromatic carbocycles. The van der Waals surface area contributed by atoms with Crippen molar-refractivity contribution < 1.29 is 4.42 Å². The maximum Gasteiger partial charge on any atom is 0.123 e. The highest BCUT2D eigenvalue weighted by atomic mass is 16.3. The van der Waals surface area contributed by atoms with Crippen LogP contribution in [-0.2, 0) is 19.5 Å². The van der Waals surface area contributed by atoms with Gasteiger partial charge in [0.1, 0.15) is 5.76 Å². The van der Waals surface area contributed by atoms with Gasteiger partial charge in [-0.15, -0.1) is 0 Å². The largest absolute Gasteiger partial charge is 0.467 e. The number of para-hydroxylation sites is 1. The zero-order valence-corrected chi connectivity index (χ0v) is 12.9. The Hall–Kier alpha value is -1.74. The van der Waals surface area contributed by atoms with Crippen LogP contribution in [0.5, 0.6) is 0 Å². The van der Waals surface area contributed by atoms with E-state index in [2.05, 4.69) is 54.4 Å². The standard InChI is InChI=1S/C18H24N2O/c1-3-8-19-11-15-10-17(21-13-15)12-20-14(2)9-16-6-4-5-7-18(16)20/h4-7,10,13-14,19H,3,8-9,11-12H2,1-2H3. The number of anilines is 1. The maximum atomic E-state index is 5.74. The van der Waals surface area contributed by atoms with E-state index >= 15 is 0 Å². The van der Waals surface area contributed by atoms with Crippen molar-refractivity contribution >= 4 is 5.69 Å². The molecular formula is C18H24N2O. The van der Waals surface area contributed by atoms with Crippen LogP contribution < -0.4 is 10.2 Å². The van der Waals surface area contributed by atoms with E-state index < -0.39 is 0 Å². The predicted molar refractivity (Wildman–Crippen MR) is 86.5 cm³/mol. The lowest BCUT2D eigenvalue weighted by atomic mass is 10.1. The number of hydrogen-bond donors (Lipinski definition) is 1. The van der Waals surface area contributed by atoms with Crippen LogP contribution in [0.15, 0.2) is 41.0 Å². The van der Waals surface area contributed by atoms with E-state index in [9.17, 15) is 0 Å². The third-order valence-corrected chi connectivity index (χ3v) is 4.14. The van der Waals surface area contributed by atoms with Crippen molar-refractivity contribution in [2.75, 3.05) is 11.4 Å². The summed E-state index contributed by atoms with van der Waals surface area (Å²) < 4.78 is 5.74. The van der Waals surface area contributed by atoms with Gasteiger partial charge in [0.2, 0.25) is 0 Å². The van der Waals surface area contributed by atoms with Gasteiger partial charge in [-0.3, -0.25) is 0 Å². The summed E-state index contributed by atoms with van der Waals surface area (Å²) in [5, 5.41) is 3.41. The summed E-state index contributed by atoms with van der Waals surface area (Å²) in [5.74, 6) is 1.05. The number of rotatable bonds is 6. The highest BCUT2D eigenvalue weighted by Gasteiger charge is 2.26. The summed E-state index contributed by atoms with van der Waals surface area (Å²) in [6, 6.07) is 11.4. The molecule has 2 heterocycles. The molecule has 0 amide bonds. The minimum Gasteiger partial charge on any atom is -0.467 e. The van der Waals surface area contributed by atoms with Gasteiger partial charge in [-0.2, -0.15) is 0 Å². The summed E-state index contributed by atoms with van der Waals surface area (Å²) in [6.45, 7) is 7.26. The van der Waals surface area contributed by atoms with Crippen LogP contribution in [0.25, 0.3) is 0 Å². The minimum absolute atomic E-state index is 0.536. The van der Waals surface area contributed by atoms with E-state index in [1.807, 2.05) is 6.26 Å².